The van der Waals surface area contributed by atoms with Crippen LogP contribution in [0.4, 0.5) is 0 Å². The summed E-state index contributed by atoms with van der Waals surface area (Å²) in [4.78, 5) is 4.58. The maximum Gasteiger partial charge on any atom is 0.141 e. The third-order valence-electron chi connectivity index (χ3n) is 3.08. The van der Waals surface area contributed by atoms with Gasteiger partial charge in [0.1, 0.15) is 11.6 Å². The molecule has 0 aliphatic carbocycles. The number of aromatic nitrogens is 2. The van der Waals surface area contributed by atoms with Crippen LogP contribution in [0.15, 0.2) is 48.5 Å². The Bertz CT molecular complexity index is 719. The highest BCUT2D eigenvalue weighted by Gasteiger charge is 2.11. The Balaban J connectivity index is 2.25. The number of phenols is 1. The average Bonchev–Trinajstić information content (AvgIpc) is 2.79. The Morgan fingerprint density at radius 1 is 1.05 bits per heavy atom. The van der Waals surface area contributed by atoms with Crippen LogP contribution in [0.2, 0.25) is 0 Å². The molecule has 0 amide bonds. The number of aliphatic hydroxyl groups excluding tert-OH is 1. The predicted octanol–water partition coefficient (Wildman–Crippen LogP) is 2.40. The monoisotopic (exact) mass is 254 g/mol. The molecular weight excluding hydrogens is 240 g/mol. The molecule has 0 aliphatic heterocycles. The summed E-state index contributed by atoms with van der Waals surface area (Å²) in [5.41, 5.74) is 2.70. The van der Waals surface area contributed by atoms with Crippen LogP contribution in [0.1, 0.15) is 0 Å². The van der Waals surface area contributed by atoms with Crippen LogP contribution in [0.5, 0.6) is 5.75 Å². The number of aromatic hydroxyl groups is 1. The molecule has 0 saturated carbocycles. The van der Waals surface area contributed by atoms with Gasteiger partial charge in [-0.1, -0.05) is 24.3 Å². The van der Waals surface area contributed by atoms with E-state index in [2.05, 4.69) is 4.98 Å². The SMILES string of the molecule is OCCn1c(-c2cccc(O)c2)nc2ccccc21. The second kappa shape index (κ2) is 4.74. The van der Waals surface area contributed by atoms with Crippen molar-refractivity contribution in [3.63, 3.8) is 0 Å². The summed E-state index contributed by atoms with van der Waals surface area (Å²) in [7, 11) is 0. The molecule has 3 aromatic rings. The van der Waals surface area contributed by atoms with Gasteiger partial charge in [-0.2, -0.15) is 0 Å². The van der Waals surface area contributed by atoms with Crippen LogP contribution in [-0.4, -0.2) is 26.4 Å². The molecule has 0 saturated heterocycles. The molecule has 0 atom stereocenters. The van der Waals surface area contributed by atoms with Gasteiger partial charge in [0.05, 0.1) is 17.6 Å². The third kappa shape index (κ3) is 2.06. The Labute approximate surface area is 110 Å². The molecule has 4 nitrogen and oxygen atoms in total. The maximum atomic E-state index is 9.58. The number of phenolic OH excluding ortho intramolecular Hbond substituents is 1. The first-order valence-corrected chi connectivity index (χ1v) is 6.15. The lowest BCUT2D eigenvalue weighted by atomic mass is 10.2. The van der Waals surface area contributed by atoms with E-state index in [-0.39, 0.29) is 12.4 Å². The predicted molar refractivity (Wildman–Crippen MR) is 73.9 cm³/mol. The first-order chi connectivity index (χ1) is 9.29. The van der Waals surface area contributed by atoms with Crippen LogP contribution in [0.25, 0.3) is 22.4 Å². The molecule has 0 bridgehead atoms. The van der Waals surface area contributed by atoms with E-state index >= 15 is 0 Å². The zero-order chi connectivity index (χ0) is 13.2. The summed E-state index contributed by atoms with van der Waals surface area (Å²) < 4.78 is 1.96. The van der Waals surface area contributed by atoms with Crippen LogP contribution in [0.3, 0.4) is 0 Å². The number of aliphatic hydroxyl groups is 1. The van der Waals surface area contributed by atoms with E-state index in [1.807, 2.05) is 34.9 Å². The fourth-order valence-corrected chi connectivity index (χ4v) is 2.27. The molecule has 96 valence electrons. The summed E-state index contributed by atoms with van der Waals surface area (Å²) in [6, 6.07) is 14.8. The first kappa shape index (κ1) is 11.7. The van der Waals surface area contributed by atoms with Crippen LogP contribution in [0, 0.1) is 0 Å². The molecule has 0 spiro atoms. The zero-order valence-electron chi connectivity index (χ0n) is 10.3. The summed E-state index contributed by atoms with van der Waals surface area (Å²) in [5, 5.41) is 18.8. The second-order valence-electron chi connectivity index (χ2n) is 4.35. The molecule has 1 heterocycles. The van der Waals surface area contributed by atoms with Crippen molar-refractivity contribution in [2.24, 2.45) is 0 Å². The Morgan fingerprint density at radius 2 is 1.89 bits per heavy atom. The fraction of sp³-hybridized carbons (Fsp3) is 0.133. The lowest BCUT2D eigenvalue weighted by Crippen LogP contribution is -2.03. The molecule has 2 N–H and O–H groups in total. The molecule has 0 radical (unpaired) electrons. The summed E-state index contributed by atoms with van der Waals surface area (Å²) in [6.07, 6.45) is 0. The summed E-state index contributed by atoms with van der Waals surface area (Å²) in [5.74, 6) is 0.964. The van der Waals surface area contributed by atoms with Crippen molar-refractivity contribution in [2.75, 3.05) is 6.61 Å². The zero-order valence-corrected chi connectivity index (χ0v) is 10.3. The number of nitrogens with zero attached hydrogens (tertiary/aromatic N) is 2. The van der Waals surface area contributed by atoms with E-state index in [0.717, 1.165) is 22.4 Å². The molecule has 1 aromatic heterocycles. The normalized spacial score (nSPS) is 11.0. The quantitative estimate of drug-likeness (QED) is 0.754. The Morgan fingerprint density at radius 3 is 2.68 bits per heavy atom. The van der Waals surface area contributed by atoms with E-state index in [9.17, 15) is 10.2 Å². The van der Waals surface area contributed by atoms with Crippen molar-refractivity contribution in [1.82, 2.24) is 9.55 Å². The van der Waals surface area contributed by atoms with Gasteiger partial charge < -0.3 is 14.8 Å². The van der Waals surface area contributed by atoms with Crippen molar-refractivity contribution in [3.05, 3.63) is 48.5 Å². The maximum absolute atomic E-state index is 9.58. The number of hydrogen-bond acceptors (Lipinski definition) is 3. The minimum absolute atomic E-state index is 0.0478. The smallest absolute Gasteiger partial charge is 0.141 e. The van der Waals surface area contributed by atoms with Gasteiger partial charge in [0.25, 0.3) is 0 Å². The number of benzene rings is 2. The van der Waals surface area contributed by atoms with Gasteiger partial charge in [-0.3, -0.25) is 0 Å². The minimum atomic E-state index is 0.0478. The standard InChI is InChI=1S/C15H14N2O2/c18-9-8-17-14-7-2-1-6-13(14)16-15(17)11-4-3-5-12(19)10-11/h1-7,10,18-19H,8-9H2. The van der Waals surface area contributed by atoms with Crippen LogP contribution >= 0.6 is 0 Å². The third-order valence-corrected chi connectivity index (χ3v) is 3.08. The van der Waals surface area contributed by atoms with Gasteiger partial charge in [-0.05, 0) is 24.3 Å². The molecule has 0 aliphatic rings. The Hall–Kier alpha value is -2.33. The topological polar surface area (TPSA) is 58.3 Å². The van der Waals surface area contributed by atoms with Gasteiger partial charge in [0.2, 0.25) is 0 Å². The number of rotatable bonds is 3. The average molecular weight is 254 g/mol. The van der Waals surface area contributed by atoms with Crippen molar-refractivity contribution < 1.29 is 10.2 Å². The molecule has 2 aromatic carbocycles. The first-order valence-electron chi connectivity index (χ1n) is 6.15. The molecule has 3 rings (SSSR count). The number of imidazole rings is 1. The second-order valence-corrected chi connectivity index (χ2v) is 4.35. The van der Waals surface area contributed by atoms with Crippen molar-refractivity contribution >= 4 is 11.0 Å². The highest BCUT2D eigenvalue weighted by molar-refractivity contribution is 5.80. The molecular formula is C15H14N2O2. The van der Waals surface area contributed by atoms with E-state index in [4.69, 9.17) is 0 Å². The lowest BCUT2D eigenvalue weighted by Gasteiger charge is -2.07. The largest absolute Gasteiger partial charge is 0.508 e. The van der Waals surface area contributed by atoms with E-state index in [0.29, 0.717) is 6.54 Å². The van der Waals surface area contributed by atoms with Gasteiger partial charge >= 0.3 is 0 Å². The van der Waals surface area contributed by atoms with Crippen LogP contribution < -0.4 is 0 Å². The number of fused-ring (bicyclic) bond motifs is 1. The van der Waals surface area contributed by atoms with E-state index in [1.165, 1.54) is 0 Å². The highest BCUT2D eigenvalue weighted by atomic mass is 16.3. The molecule has 4 heteroatoms. The summed E-state index contributed by atoms with van der Waals surface area (Å²) >= 11 is 0. The number of hydrogen-bond donors (Lipinski definition) is 2. The van der Waals surface area contributed by atoms with Gasteiger partial charge in [-0.25, -0.2) is 4.98 Å². The molecule has 0 unspecified atom stereocenters. The highest BCUT2D eigenvalue weighted by Crippen LogP contribution is 2.26. The van der Waals surface area contributed by atoms with Crippen molar-refractivity contribution in [2.45, 2.75) is 6.54 Å². The minimum Gasteiger partial charge on any atom is -0.508 e. The van der Waals surface area contributed by atoms with Gasteiger partial charge in [0.15, 0.2) is 0 Å². The van der Waals surface area contributed by atoms with Gasteiger partial charge in [-0.15, -0.1) is 0 Å². The van der Waals surface area contributed by atoms with Crippen molar-refractivity contribution in [3.8, 4) is 17.1 Å². The van der Waals surface area contributed by atoms with Crippen molar-refractivity contribution in [1.29, 1.82) is 0 Å². The Kier molecular flexibility index (Phi) is 2.93. The summed E-state index contributed by atoms with van der Waals surface area (Å²) in [6.45, 7) is 0.525. The molecule has 19 heavy (non-hydrogen) atoms. The fourth-order valence-electron chi connectivity index (χ4n) is 2.27. The number of para-hydroxylation sites is 2. The van der Waals surface area contributed by atoms with Gasteiger partial charge in [0, 0.05) is 12.1 Å². The van der Waals surface area contributed by atoms with Crippen LogP contribution in [-0.2, 0) is 6.54 Å². The molecule has 0 fully saturated rings. The van der Waals surface area contributed by atoms with E-state index < -0.39 is 0 Å². The van der Waals surface area contributed by atoms with E-state index in [1.54, 1.807) is 18.2 Å². The lowest BCUT2D eigenvalue weighted by molar-refractivity contribution is 0.278.